The molecule has 1 nitrogen and oxygen atoms in total. The molecule has 0 aliphatic heterocycles. The zero-order chi connectivity index (χ0) is 15.1. The quantitative estimate of drug-likeness (QED) is 0.615. The van der Waals surface area contributed by atoms with Crippen molar-refractivity contribution in [3.05, 3.63) is 28.7 Å². The van der Waals surface area contributed by atoms with Gasteiger partial charge in [-0.25, -0.2) is 0 Å². The van der Waals surface area contributed by atoms with E-state index in [1.54, 1.807) is 0 Å². The van der Waals surface area contributed by atoms with Crippen LogP contribution in [-0.4, -0.2) is 18.3 Å². The third-order valence-electron chi connectivity index (χ3n) is 4.54. The lowest BCUT2D eigenvalue weighted by Crippen LogP contribution is -2.40. The second-order valence-electron chi connectivity index (χ2n) is 6.32. The van der Waals surface area contributed by atoms with E-state index < -0.39 is 0 Å². The highest BCUT2D eigenvalue weighted by Crippen LogP contribution is 2.34. The molecular weight excluding hydrogens is 342 g/mol. The monoisotopic (exact) mass is 369 g/mol. The average Bonchev–Trinajstić information content (AvgIpc) is 2.50. The van der Waals surface area contributed by atoms with E-state index in [4.69, 9.17) is 0 Å². The summed E-state index contributed by atoms with van der Waals surface area (Å²) in [5, 5.41) is 3.81. The van der Waals surface area contributed by atoms with Crippen LogP contribution in [-0.2, 0) is 0 Å². The van der Waals surface area contributed by atoms with Crippen molar-refractivity contribution in [3.63, 3.8) is 0 Å². The Morgan fingerprint density at radius 1 is 1.24 bits per heavy atom. The Morgan fingerprint density at radius 3 is 2.62 bits per heavy atom. The van der Waals surface area contributed by atoms with Gasteiger partial charge in [-0.2, -0.15) is 0 Å². The largest absolute Gasteiger partial charge is 0.313 e. The van der Waals surface area contributed by atoms with Crippen molar-refractivity contribution < 1.29 is 0 Å². The number of hydrogen-bond acceptors (Lipinski definition) is 2. The van der Waals surface area contributed by atoms with Crippen molar-refractivity contribution in [3.8, 4) is 0 Å². The van der Waals surface area contributed by atoms with E-state index in [0.29, 0.717) is 6.04 Å². The Kier molecular flexibility index (Phi) is 7.62. The Hall–Kier alpha value is 0.01000. The van der Waals surface area contributed by atoms with Crippen molar-refractivity contribution >= 4 is 27.7 Å². The number of rotatable bonds is 7. The molecule has 1 saturated carbocycles. The summed E-state index contributed by atoms with van der Waals surface area (Å²) >= 11 is 5.65. The van der Waals surface area contributed by atoms with Crippen molar-refractivity contribution in [2.75, 3.05) is 12.3 Å². The Bertz CT molecular complexity index is 415. The van der Waals surface area contributed by atoms with Gasteiger partial charge in [0.25, 0.3) is 0 Å². The molecule has 0 radical (unpaired) electrons. The maximum atomic E-state index is 3.81. The topological polar surface area (TPSA) is 12.0 Å². The fourth-order valence-corrected chi connectivity index (χ4v) is 4.88. The molecule has 0 spiro atoms. The van der Waals surface area contributed by atoms with Crippen LogP contribution in [0.25, 0.3) is 0 Å². The van der Waals surface area contributed by atoms with Crippen LogP contribution in [0.3, 0.4) is 0 Å². The minimum Gasteiger partial charge on any atom is -0.313 e. The van der Waals surface area contributed by atoms with Gasteiger partial charge in [0.15, 0.2) is 0 Å². The summed E-state index contributed by atoms with van der Waals surface area (Å²) < 4.78 is 1.22. The molecule has 1 aliphatic carbocycles. The van der Waals surface area contributed by atoms with Crippen LogP contribution < -0.4 is 5.32 Å². The molecule has 1 aromatic rings. The summed E-state index contributed by atoms with van der Waals surface area (Å²) in [6.45, 7) is 5.81. The van der Waals surface area contributed by atoms with Gasteiger partial charge in [-0.3, -0.25) is 0 Å². The summed E-state index contributed by atoms with van der Waals surface area (Å²) in [5.74, 6) is 2.98. The molecule has 0 heterocycles. The molecule has 1 aromatic carbocycles. The van der Waals surface area contributed by atoms with Crippen molar-refractivity contribution in [1.82, 2.24) is 5.32 Å². The number of halogens is 1. The average molecular weight is 370 g/mol. The highest BCUT2D eigenvalue weighted by atomic mass is 79.9. The van der Waals surface area contributed by atoms with Gasteiger partial charge in [0.1, 0.15) is 0 Å². The lowest BCUT2D eigenvalue weighted by atomic mass is 9.79. The van der Waals surface area contributed by atoms with Gasteiger partial charge in [0, 0.05) is 21.2 Å². The SMILES string of the molecule is CCCNC(CSc1ccccc1Br)C1CCC(C)CC1. The highest BCUT2D eigenvalue weighted by Gasteiger charge is 2.25. The van der Waals surface area contributed by atoms with Crippen molar-refractivity contribution in [2.24, 2.45) is 11.8 Å². The van der Waals surface area contributed by atoms with Gasteiger partial charge in [-0.15, -0.1) is 11.8 Å². The fourth-order valence-electron chi connectivity index (χ4n) is 3.12. The van der Waals surface area contributed by atoms with E-state index in [9.17, 15) is 0 Å². The van der Waals surface area contributed by atoms with E-state index in [0.717, 1.165) is 18.4 Å². The molecule has 2 rings (SSSR count). The maximum Gasteiger partial charge on any atom is 0.0311 e. The molecule has 0 saturated heterocycles. The normalized spacial score (nSPS) is 24.0. The summed E-state index contributed by atoms with van der Waals surface area (Å²) in [6.07, 6.45) is 6.85. The predicted molar refractivity (Wildman–Crippen MR) is 98.1 cm³/mol. The predicted octanol–water partition coefficient (Wildman–Crippen LogP) is 5.74. The smallest absolute Gasteiger partial charge is 0.0311 e. The molecule has 21 heavy (non-hydrogen) atoms. The van der Waals surface area contributed by atoms with E-state index in [-0.39, 0.29) is 0 Å². The Morgan fingerprint density at radius 2 is 1.95 bits per heavy atom. The van der Waals surface area contributed by atoms with Crippen LogP contribution in [0.5, 0.6) is 0 Å². The van der Waals surface area contributed by atoms with Crippen molar-refractivity contribution in [1.29, 1.82) is 0 Å². The number of thioether (sulfide) groups is 1. The molecule has 1 unspecified atom stereocenters. The second-order valence-corrected chi connectivity index (χ2v) is 8.24. The maximum absolute atomic E-state index is 3.81. The third-order valence-corrected chi connectivity index (χ3v) is 6.69. The van der Waals surface area contributed by atoms with Crippen LogP contribution in [0.4, 0.5) is 0 Å². The van der Waals surface area contributed by atoms with E-state index in [2.05, 4.69) is 59.4 Å². The highest BCUT2D eigenvalue weighted by molar-refractivity contribution is 9.10. The number of nitrogens with one attached hydrogen (secondary N) is 1. The summed E-state index contributed by atoms with van der Waals surface area (Å²) in [6, 6.07) is 9.23. The summed E-state index contributed by atoms with van der Waals surface area (Å²) in [7, 11) is 0. The molecule has 118 valence electrons. The lowest BCUT2D eigenvalue weighted by molar-refractivity contribution is 0.242. The molecule has 0 aromatic heterocycles. The zero-order valence-corrected chi connectivity index (χ0v) is 15.7. The lowest BCUT2D eigenvalue weighted by Gasteiger charge is -2.33. The first-order valence-electron chi connectivity index (χ1n) is 8.31. The standard InChI is InChI=1S/C18H28BrNS/c1-3-12-20-17(15-10-8-14(2)9-11-15)13-21-18-7-5-4-6-16(18)19/h4-7,14-15,17,20H,3,8-13H2,1-2H3. The summed E-state index contributed by atoms with van der Waals surface area (Å²) in [4.78, 5) is 1.37. The number of benzene rings is 1. The van der Waals surface area contributed by atoms with Crippen LogP contribution >= 0.6 is 27.7 Å². The minimum absolute atomic E-state index is 0.662. The van der Waals surface area contributed by atoms with Crippen molar-refractivity contribution in [2.45, 2.75) is 56.9 Å². The van der Waals surface area contributed by atoms with Crippen LogP contribution in [0.2, 0.25) is 0 Å². The first kappa shape index (κ1) is 17.4. The van der Waals surface area contributed by atoms with E-state index in [1.807, 2.05) is 11.8 Å². The zero-order valence-electron chi connectivity index (χ0n) is 13.3. The van der Waals surface area contributed by atoms with Crippen LogP contribution in [0, 0.1) is 11.8 Å². The first-order chi connectivity index (χ1) is 10.2. The molecule has 1 N–H and O–H groups in total. The summed E-state index contributed by atoms with van der Waals surface area (Å²) in [5.41, 5.74) is 0. The molecule has 1 fully saturated rings. The van der Waals surface area contributed by atoms with Gasteiger partial charge in [-0.05, 0) is 65.7 Å². The van der Waals surface area contributed by atoms with E-state index >= 15 is 0 Å². The van der Waals surface area contributed by atoms with Gasteiger partial charge in [0.2, 0.25) is 0 Å². The van der Waals surface area contributed by atoms with Gasteiger partial charge in [0.05, 0.1) is 0 Å². The second kappa shape index (κ2) is 9.22. The van der Waals surface area contributed by atoms with Gasteiger partial charge in [-0.1, -0.05) is 38.8 Å². The van der Waals surface area contributed by atoms with Crippen LogP contribution in [0.1, 0.15) is 46.0 Å². The Balaban J connectivity index is 1.91. The van der Waals surface area contributed by atoms with Crippen LogP contribution in [0.15, 0.2) is 33.6 Å². The van der Waals surface area contributed by atoms with Gasteiger partial charge >= 0.3 is 0 Å². The molecule has 0 amide bonds. The molecule has 1 atom stereocenters. The molecule has 3 heteroatoms. The minimum atomic E-state index is 0.662. The Labute approximate surface area is 142 Å². The fraction of sp³-hybridized carbons (Fsp3) is 0.667. The number of hydrogen-bond donors (Lipinski definition) is 1. The molecular formula is C18H28BrNS. The van der Waals surface area contributed by atoms with Gasteiger partial charge < -0.3 is 5.32 Å². The first-order valence-corrected chi connectivity index (χ1v) is 10.1. The molecule has 0 bridgehead atoms. The third kappa shape index (κ3) is 5.61. The van der Waals surface area contributed by atoms with E-state index in [1.165, 1.54) is 47.2 Å². The molecule has 1 aliphatic rings.